The van der Waals surface area contributed by atoms with E-state index in [1.54, 1.807) is 11.4 Å². The first kappa shape index (κ1) is 8.96. The normalized spacial score (nSPS) is 10.3. The van der Waals surface area contributed by atoms with Crippen LogP contribution < -0.4 is 5.73 Å². The van der Waals surface area contributed by atoms with E-state index < -0.39 is 0 Å². The van der Waals surface area contributed by atoms with Gasteiger partial charge in [-0.1, -0.05) is 0 Å². The highest BCUT2D eigenvalue weighted by atomic mass is 32.1. The van der Waals surface area contributed by atoms with E-state index in [0.29, 0.717) is 16.4 Å². The Morgan fingerprint density at radius 3 is 3.07 bits per heavy atom. The third-order valence-electron chi connectivity index (χ3n) is 1.75. The van der Waals surface area contributed by atoms with Crippen LogP contribution >= 0.6 is 11.3 Å². The molecule has 0 amide bonds. The lowest BCUT2D eigenvalue weighted by molar-refractivity contribution is 0.0991. The van der Waals surface area contributed by atoms with Gasteiger partial charge in [0.25, 0.3) is 0 Å². The molecule has 5 heteroatoms. The van der Waals surface area contributed by atoms with Gasteiger partial charge in [0.1, 0.15) is 6.26 Å². The van der Waals surface area contributed by atoms with Gasteiger partial charge in [0.2, 0.25) is 0 Å². The number of aromatic nitrogens is 1. The van der Waals surface area contributed by atoms with Gasteiger partial charge in [-0.05, 0) is 6.07 Å². The molecule has 0 aliphatic carbocycles. The highest BCUT2D eigenvalue weighted by Gasteiger charge is 2.09. The number of hydrogen-bond acceptors (Lipinski definition) is 5. The predicted molar refractivity (Wildman–Crippen MR) is 53.3 cm³/mol. The molecule has 2 rings (SSSR count). The SMILES string of the molecule is Nc1nc(CC(=O)c2ccoc2)cs1. The van der Waals surface area contributed by atoms with Crippen molar-refractivity contribution >= 4 is 22.3 Å². The van der Waals surface area contributed by atoms with E-state index in [9.17, 15) is 4.79 Å². The number of rotatable bonds is 3. The second-order valence-corrected chi connectivity index (χ2v) is 3.68. The lowest BCUT2D eigenvalue weighted by Crippen LogP contribution is -2.02. The summed E-state index contributed by atoms with van der Waals surface area (Å²) >= 11 is 1.33. The Kier molecular flexibility index (Phi) is 2.32. The number of Topliss-reactive ketones (excluding diaryl/α,β-unsaturated/α-hetero) is 1. The Hall–Kier alpha value is -1.62. The lowest BCUT2D eigenvalue weighted by atomic mass is 10.1. The van der Waals surface area contributed by atoms with E-state index in [4.69, 9.17) is 10.2 Å². The molecule has 0 atom stereocenters. The third-order valence-corrected chi connectivity index (χ3v) is 2.48. The van der Waals surface area contributed by atoms with Crippen molar-refractivity contribution in [1.29, 1.82) is 0 Å². The van der Waals surface area contributed by atoms with Gasteiger partial charge in [0.15, 0.2) is 10.9 Å². The maximum atomic E-state index is 11.5. The summed E-state index contributed by atoms with van der Waals surface area (Å²) in [6.45, 7) is 0. The molecule has 0 fully saturated rings. The van der Waals surface area contributed by atoms with Crippen molar-refractivity contribution in [3.63, 3.8) is 0 Å². The minimum atomic E-state index is -0.0101. The number of carbonyl (C=O) groups excluding carboxylic acids is 1. The Labute approximate surface area is 84.4 Å². The quantitative estimate of drug-likeness (QED) is 0.780. The number of furan rings is 1. The van der Waals surface area contributed by atoms with E-state index in [2.05, 4.69) is 4.98 Å². The molecule has 0 aliphatic rings. The van der Waals surface area contributed by atoms with Crippen molar-refractivity contribution in [2.45, 2.75) is 6.42 Å². The molecule has 2 aromatic heterocycles. The molecule has 0 unspecified atom stereocenters. The minimum Gasteiger partial charge on any atom is -0.472 e. The molecule has 72 valence electrons. The highest BCUT2D eigenvalue weighted by Crippen LogP contribution is 2.13. The van der Waals surface area contributed by atoms with Crippen molar-refractivity contribution < 1.29 is 9.21 Å². The molecule has 14 heavy (non-hydrogen) atoms. The zero-order valence-corrected chi connectivity index (χ0v) is 8.08. The number of anilines is 1. The molecule has 2 aromatic rings. The van der Waals surface area contributed by atoms with Crippen molar-refractivity contribution in [1.82, 2.24) is 4.98 Å². The molecule has 0 saturated heterocycles. The van der Waals surface area contributed by atoms with Gasteiger partial charge in [-0.2, -0.15) is 0 Å². The number of nitrogens with zero attached hydrogens (tertiary/aromatic N) is 1. The van der Waals surface area contributed by atoms with Gasteiger partial charge in [-0.25, -0.2) is 4.98 Å². The average molecular weight is 208 g/mol. The Morgan fingerprint density at radius 2 is 2.50 bits per heavy atom. The second kappa shape index (κ2) is 3.63. The fourth-order valence-corrected chi connectivity index (χ4v) is 1.66. The molecule has 0 aromatic carbocycles. The van der Waals surface area contributed by atoms with Crippen LogP contribution in [0.15, 0.2) is 28.4 Å². The average Bonchev–Trinajstić information content (AvgIpc) is 2.75. The number of nitrogens with two attached hydrogens (primary N) is 1. The fourth-order valence-electron chi connectivity index (χ4n) is 1.09. The van der Waals surface area contributed by atoms with Gasteiger partial charge < -0.3 is 10.2 Å². The van der Waals surface area contributed by atoms with Gasteiger partial charge in [0.05, 0.1) is 23.9 Å². The van der Waals surface area contributed by atoms with Crippen LogP contribution in [-0.4, -0.2) is 10.8 Å². The van der Waals surface area contributed by atoms with E-state index in [1.807, 2.05) is 0 Å². The Bertz CT molecular complexity index is 433. The molecular weight excluding hydrogens is 200 g/mol. The minimum absolute atomic E-state index is 0.0101. The maximum Gasteiger partial charge on any atom is 0.180 e. The predicted octanol–water partition coefficient (Wildman–Crippen LogP) is 1.74. The molecule has 0 spiro atoms. The lowest BCUT2D eigenvalue weighted by Gasteiger charge is -1.92. The summed E-state index contributed by atoms with van der Waals surface area (Å²) in [6, 6.07) is 1.64. The molecule has 0 radical (unpaired) electrons. The number of carbonyl (C=O) groups is 1. The van der Waals surface area contributed by atoms with Crippen LogP contribution in [0, 0.1) is 0 Å². The van der Waals surface area contributed by atoms with Crippen LogP contribution in [0.5, 0.6) is 0 Å². The van der Waals surface area contributed by atoms with Crippen LogP contribution in [0.2, 0.25) is 0 Å². The monoisotopic (exact) mass is 208 g/mol. The molecule has 4 nitrogen and oxygen atoms in total. The molecule has 2 heterocycles. The Morgan fingerprint density at radius 1 is 1.64 bits per heavy atom. The second-order valence-electron chi connectivity index (χ2n) is 2.79. The van der Waals surface area contributed by atoms with Crippen LogP contribution in [0.4, 0.5) is 5.13 Å². The first-order chi connectivity index (χ1) is 6.75. The van der Waals surface area contributed by atoms with Gasteiger partial charge in [-0.15, -0.1) is 11.3 Å². The van der Waals surface area contributed by atoms with Crippen molar-refractivity contribution in [2.75, 3.05) is 5.73 Å². The summed E-state index contributed by atoms with van der Waals surface area (Å²) in [4.78, 5) is 15.6. The third kappa shape index (κ3) is 1.82. The summed E-state index contributed by atoms with van der Waals surface area (Å²) in [7, 11) is 0. The van der Waals surface area contributed by atoms with E-state index in [-0.39, 0.29) is 12.2 Å². The summed E-state index contributed by atoms with van der Waals surface area (Å²) in [5.74, 6) is -0.0101. The number of hydrogen-bond donors (Lipinski definition) is 1. The number of nitrogen functional groups attached to an aromatic ring is 1. The zero-order chi connectivity index (χ0) is 9.97. The van der Waals surface area contributed by atoms with Crippen molar-refractivity contribution in [3.8, 4) is 0 Å². The van der Waals surface area contributed by atoms with Crippen LogP contribution in [-0.2, 0) is 6.42 Å². The topological polar surface area (TPSA) is 69.1 Å². The highest BCUT2D eigenvalue weighted by molar-refractivity contribution is 7.13. The first-order valence-corrected chi connectivity index (χ1v) is 4.89. The summed E-state index contributed by atoms with van der Waals surface area (Å²) in [5, 5.41) is 2.27. The van der Waals surface area contributed by atoms with Gasteiger partial charge >= 0.3 is 0 Å². The smallest absolute Gasteiger partial charge is 0.180 e. The van der Waals surface area contributed by atoms with Gasteiger partial charge in [-0.3, -0.25) is 4.79 Å². The summed E-state index contributed by atoms with van der Waals surface area (Å²) < 4.78 is 4.82. The van der Waals surface area contributed by atoms with Crippen molar-refractivity contribution in [2.24, 2.45) is 0 Å². The largest absolute Gasteiger partial charge is 0.472 e. The molecule has 0 aliphatic heterocycles. The van der Waals surface area contributed by atoms with E-state index in [0.717, 1.165) is 0 Å². The molecule has 0 bridgehead atoms. The maximum absolute atomic E-state index is 11.5. The number of thiazole rings is 1. The van der Waals surface area contributed by atoms with Gasteiger partial charge in [0, 0.05) is 5.38 Å². The summed E-state index contributed by atoms with van der Waals surface area (Å²) in [5.41, 5.74) is 6.72. The van der Waals surface area contributed by atoms with Crippen molar-refractivity contribution in [3.05, 3.63) is 35.2 Å². The van der Waals surface area contributed by atoms with E-state index in [1.165, 1.54) is 23.9 Å². The molecule has 2 N–H and O–H groups in total. The standard InChI is InChI=1S/C9H8N2O2S/c10-9-11-7(5-14-9)3-8(12)6-1-2-13-4-6/h1-2,4-5H,3H2,(H2,10,11). The van der Waals surface area contributed by atoms with Crippen LogP contribution in [0.3, 0.4) is 0 Å². The summed E-state index contributed by atoms with van der Waals surface area (Å²) in [6.07, 6.45) is 3.17. The van der Waals surface area contributed by atoms with Crippen LogP contribution in [0.1, 0.15) is 16.1 Å². The first-order valence-electron chi connectivity index (χ1n) is 4.01. The molecular formula is C9H8N2O2S. The zero-order valence-electron chi connectivity index (χ0n) is 7.27. The Balaban J connectivity index is 2.09. The van der Waals surface area contributed by atoms with E-state index >= 15 is 0 Å². The fraction of sp³-hybridized carbons (Fsp3) is 0.111. The van der Waals surface area contributed by atoms with Crippen LogP contribution in [0.25, 0.3) is 0 Å². The molecule has 0 saturated carbocycles. The number of ketones is 1.